The molecule has 0 saturated heterocycles. The van der Waals surface area contributed by atoms with Crippen molar-refractivity contribution in [1.29, 1.82) is 0 Å². The number of hydrogen-bond donors (Lipinski definition) is 1. The predicted molar refractivity (Wildman–Crippen MR) is 83.6 cm³/mol. The molecule has 128 valence electrons. The molecule has 1 N–H and O–H groups in total. The molecule has 0 aliphatic carbocycles. The van der Waals surface area contributed by atoms with Crippen molar-refractivity contribution in [3.8, 4) is 0 Å². The van der Waals surface area contributed by atoms with E-state index in [-0.39, 0.29) is 0 Å². The zero-order chi connectivity index (χ0) is 18.0. The lowest BCUT2D eigenvalue weighted by molar-refractivity contribution is -0.123. The first-order valence-electron chi connectivity index (χ1n) is 6.93. The smallest absolute Gasteiger partial charge is 0.340 e. The van der Waals surface area contributed by atoms with Crippen LogP contribution < -0.4 is 5.32 Å². The number of thiophene rings is 1. The fourth-order valence-electron chi connectivity index (χ4n) is 1.97. The first-order valence-corrected chi connectivity index (χ1v) is 7.74. The number of hydrogen-bond acceptors (Lipinski definition) is 4. The summed E-state index contributed by atoms with van der Waals surface area (Å²) in [4.78, 5) is 25.6. The Morgan fingerprint density at radius 3 is 2.42 bits per heavy atom. The second-order valence-corrected chi connectivity index (χ2v) is 6.55. The fraction of sp³-hybridized carbons (Fsp3) is 0.250. The number of ether oxygens (including phenoxy) is 1. The molecule has 0 aliphatic rings. The van der Waals surface area contributed by atoms with Crippen LogP contribution in [-0.4, -0.2) is 18.0 Å². The summed E-state index contributed by atoms with van der Waals surface area (Å²) in [6.45, 7) is 4.87. The molecule has 0 radical (unpaired) electrons. The third kappa shape index (κ3) is 3.76. The molecule has 24 heavy (non-hydrogen) atoms. The van der Waals surface area contributed by atoms with Crippen molar-refractivity contribution in [2.24, 2.45) is 0 Å². The molecule has 2 rings (SSSR count). The van der Waals surface area contributed by atoms with Crippen molar-refractivity contribution >= 4 is 28.9 Å². The van der Waals surface area contributed by atoms with E-state index in [1.165, 1.54) is 18.3 Å². The van der Waals surface area contributed by atoms with Gasteiger partial charge in [0.05, 0.1) is 11.3 Å². The minimum Gasteiger partial charge on any atom is -0.449 e. The van der Waals surface area contributed by atoms with Crippen molar-refractivity contribution < 1.29 is 27.5 Å². The minimum atomic E-state index is -1.69. The molecule has 0 saturated carbocycles. The van der Waals surface area contributed by atoms with Crippen LogP contribution in [0.5, 0.6) is 0 Å². The Morgan fingerprint density at radius 1 is 1.17 bits per heavy atom. The van der Waals surface area contributed by atoms with Gasteiger partial charge >= 0.3 is 5.97 Å². The molecule has 2 aromatic rings. The summed E-state index contributed by atoms with van der Waals surface area (Å²) in [5, 5.41) is 2.06. The van der Waals surface area contributed by atoms with Gasteiger partial charge in [-0.3, -0.25) is 4.79 Å². The van der Waals surface area contributed by atoms with Gasteiger partial charge in [-0.25, -0.2) is 18.0 Å². The number of amides is 1. The number of nitrogens with one attached hydrogen (secondary N) is 1. The van der Waals surface area contributed by atoms with Gasteiger partial charge in [-0.05, 0) is 39.0 Å². The van der Waals surface area contributed by atoms with Crippen LogP contribution in [0.4, 0.5) is 18.9 Å². The maximum atomic E-state index is 13.5. The number of carbonyl (C=O) groups is 2. The highest BCUT2D eigenvalue weighted by Crippen LogP contribution is 2.22. The van der Waals surface area contributed by atoms with Crippen molar-refractivity contribution in [1.82, 2.24) is 0 Å². The van der Waals surface area contributed by atoms with Crippen molar-refractivity contribution in [3.63, 3.8) is 0 Å². The van der Waals surface area contributed by atoms with Gasteiger partial charge in [-0.15, -0.1) is 11.3 Å². The predicted octanol–water partition coefficient (Wildman–Crippen LogP) is 3.97. The SMILES string of the molecule is Cc1cc(C(=O)O[C@H](C)C(=O)Nc2ccc(F)c(F)c2F)c(C)s1. The Kier molecular flexibility index (Phi) is 5.28. The molecule has 0 unspecified atom stereocenters. The first kappa shape index (κ1) is 18.0. The molecule has 1 aromatic carbocycles. The average molecular weight is 357 g/mol. The molecule has 4 nitrogen and oxygen atoms in total. The van der Waals surface area contributed by atoms with Gasteiger partial charge in [0, 0.05) is 9.75 Å². The van der Waals surface area contributed by atoms with Gasteiger partial charge in [-0.1, -0.05) is 0 Å². The van der Waals surface area contributed by atoms with Crippen molar-refractivity contribution in [3.05, 3.63) is 51.0 Å². The number of carbonyl (C=O) groups excluding carboxylic acids is 2. The molecule has 1 aromatic heterocycles. The van der Waals surface area contributed by atoms with Gasteiger partial charge in [0.2, 0.25) is 0 Å². The Labute approximate surface area is 140 Å². The Hall–Kier alpha value is -2.35. The van der Waals surface area contributed by atoms with E-state index >= 15 is 0 Å². The quantitative estimate of drug-likeness (QED) is 0.665. The second-order valence-electron chi connectivity index (χ2n) is 5.09. The highest BCUT2D eigenvalue weighted by molar-refractivity contribution is 7.12. The van der Waals surface area contributed by atoms with E-state index in [9.17, 15) is 22.8 Å². The van der Waals surface area contributed by atoms with Crippen LogP contribution >= 0.6 is 11.3 Å². The maximum absolute atomic E-state index is 13.5. The average Bonchev–Trinajstić information content (AvgIpc) is 2.86. The lowest BCUT2D eigenvalue weighted by atomic mass is 10.2. The standard InChI is InChI=1S/C16H14F3NO3S/c1-7-6-10(9(3)24-7)16(22)23-8(2)15(21)20-12-5-4-11(17)13(18)14(12)19/h4-6,8H,1-3H3,(H,20,21)/t8-/m1/s1. The molecular formula is C16H14F3NO3S. The Bertz CT molecular complexity index is 804. The number of rotatable bonds is 4. The van der Waals surface area contributed by atoms with Gasteiger partial charge in [0.1, 0.15) is 0 Å². The third-order valence-electron chi connectivity index (χ3n) is 3.21. The van der Waals surface area contributed by atoms with E-state index in [2.05, 4.69) is 5.32 Å². The van der Waals surface area contributed by atoms with Gasteiger partial charge in [0.15, 0.2) is 23.6 Å². The molecule has 0 bridgehead atoms. The van der Waals surface area contributed by atoms with Crippen LogP contribution in [0, 0.1) is 31.3 Å². The largest absolute Gasteiger partial charge is 0.449 e. The van der Waals surface area contributed by atoms with Crippen LogP contribution in [0.15, 0.2) is 18.2 Å². The molecule has 1 atom stereocenters. The van der Waals surface area contributed by atoms with Crippen LogP contribution in [-0.2, 0) is 9.53 Å². The van der Waals surface area contributed by atoms with Crippen LogP contribution in [0.2, 0.25) is 0 Å². The molecule has 0 fully saturated rings. The van der Waals surface area contributed by atoms with Gasteiger partial charge in [0.25, 0.3) is 5.91 Å². The minimum absolute atomic E-state index is 0.344. The number of aryl methyl sites for hydroxylation is 2. The van der Waals surface area contributed by atoms with E-state index in [1.807, 2.05) is 6.92 Å². The zero-order valence-electron chi connectivity index (χ0n) is 13.1. The molecular weight excluding hydrogens is 343 g/mol. The van der Waals surface area contributed by atoms with Crippen LogP contribution in [0.1, 0.15) is 27.0 Å². The summed E-state index contributed by atoms with van der Waals surface area (Å²) in [6.07, 6.45) is -1.25. The Morgan fingerprint density at radius 2 is 1.83 bits per heavy atom. The monoisotopic (exact) mass is 357 g/mol. The highest BCUT2D eigenvalue weighted by Gasteiger charge is 2.23. The third-order valence-corrected chi connectivity index (χ3v) is 4.17. The van der Waals surface area contributed by atoms with Crippen molar-refractivity contribution in [2.45, 2.75) is 26.9 Å². The summed E-state index contributed by atoms with van der Waals surface area (Å²) < 4.78 is 44.6. The highest BCUT2D eigenvalue weighted by atomic mass is 32.1. The summed E-state index contributed by atoms with van der Waals surface area (Å²) in [7, 11) is 0. The van der Waals surface area contributed by atoms with E-state index in [0.717, 1.165) is 15.8 Å². The number of halogens is 3. The van der Waals surface area contributed by atoms with E-state index in [0.29, 0.717) is 11.6 Å². The number of anilines is 1. The van der Waals surface area contributed by atoms with Gasteiger partial charge < -0.3 is 10.1 Å². The van der Waals surface area contributed by atoms with Crippen molar-refractivity contribution in [2.75, 3.05) is 5.32 Å². The van der Waals surface area contributed by atoms with E-state index in [1.54, 1.807) is 13.0 Å². The molecule has 1 amide bonds. The van der Waals surface area contributed by atoms with E-state index < -0.39 is 41.1 Å². The topological polar surface area (TPSA) is 55.4 Å². The lowest BCUT2D eigenvalue weighted by Crippen LogP contribution is -2.30. The van der Waals surface area contributed by atoms with Crippen LogP contribution in [0.25, 0.3) is 0 Å². The van der Waals surface area contributed by atoms with Gasteiger partial charge in [-0.2, -0.15) is 0 Å². The molecule has 1 heterocycles. The fourth-order valence-corrected chi connectivity index (χ4v) is 2.88. The summed E-state index contributed by atoms with van der Waals surface area (Å²) in [5.74, 6) is -6.13. The van der Waals surface area contributed by atoms with Crippen LogP contribution in [0.3, 0.4) is 0 Å². The number of esters is 1. The number of benzene rings is 1. The summed E-state index contributed by atoms with van der Waals surface area (Å²) >= 11 is 1.41. The first-order chi connectivity index (χ1) is 11.2. The Balaban J connectivity index is 2.06. The molecule has 0 aliphatic heterocycles. The lowest BCUT2D eigenvalue weighted by Gasteiger charge is -2.14. The maximum Gasteiger partial charge on any atom is 0.340 e. The summed E-state index contributed by atoms with van der Waals surface area (Å²) in [6, 6.07) is 3.21. The zero-order valence-corrected chi connectivity index (χ0v) is 13.9. The molecule has 8 heteroatoms. The van der Waals surface area contributed by atoms with E-state index in [4.69, 9.17) is 4.74 Å². The second kappa shape index (κ2) is 7.04. The summed E-state index contributed by atoms with van der Waals surface area (Å²) in [5.41, 5.74) is -0.194. The molecule has 0 spiro atoms. The normalized spacial score (nSPS) is 11.9.